The second-order valence-electron chi connectivity index (χ2n) is 5.31. The maximum absolute atomic E-state index is 10.4. The van der Waals surface area contributed by atoms with Crippen LogP contribution < -0.4 is 0 Å². The summed E-state index contributed by atoms with van der Waals surface area (Å²) in [6.07, 6.45) is 2.94. The van der Waals surface area contributed by atoms with Crippen molar-refractivity contribution in [3.63, 3.8) is 0 Å². The van der Waals surface area contributed by atoms with E-state index in [4.69, 9.17) is 4.84 Å². The van der Waals surface area contributed by atoms with Crippen molar-refractivity contribution in [1.82, 2.24) is 4.98 Å². The van der Waals surface area contributed by atoms with Gasteiger partial charge in [-0.15, -0.1) is 0 Å². The van der Waals surface area contributed by atoms with Crippen molar-refractivity contribution in [2.75, 3.05) is 7.11 Å². The number of benzene rings is 1. The number of nitrogens with zero attached hydrogens (tertiary/aromatic N) is 2. The normalized spacial score (nSPS) is 18.0. The Morgan fingerprint density at radius 1 is 1.05 bits per heavy atom. The van der Waals surface area contributed by atoms with Gasteiger partial charge in [0, 0.05) is 18.0 Å². The number of oxime groups is 1. The molecule has 22 heavy (non-hydrogen) atoms. The van der Waals surface area contributed by atoms with Gasteiger partial charge in [0.25, 0.3) is 0 Å². The van der Waals surface area contributed by atoms with E-state index in [1.807, 2.05) is 18.2 Å². The molecular formula is C17H18N2O3. The van der Waals surface area contributed by atoms with Crippen LogP contribution in [0, 0.1) is 0 Å². The van der Waals surface area contributed by atoms with Gasteiger partial charge < -0.3 is 15.1 Å². The average Bonchev–Trinajstić information content (AvgIpc) is 2.97. The fourth-order valence-electron chi connectivity index (χ4n) is 2.80. The Morgan fingerprint density at radius 3 is 2.50 bits per heavy atom. The number of aliphatic hydroxyl groups excluding tert-OH is 2. The van der Waals surface area contributed by atoms with E-state index in [0.29, 0.717) is 11.1 Å². The van der Waals surface area contributed by atoms with Gasteiger partial charge >= 0.3 is 0 Å². The highest BCUT2D eigenvalue weighted by atomic mass is 16.6. The molecule has 0 saturated carbocycles. The number of hydrogen-bond donors (Lipinski definition) is 2. The van der Waals surface area contributed by atoms with E-state index in [2.05, 4.69) is 10.1 Å². The van der Waals surface area contributed by atoms with Gasteiger partial charge in [-0.05, 0) is 41.7 Å². The topological polar surface area (TPSA) is 74.9 Å². The quantitative estimate of drug-likeness (QED) is 0.848. The summed E-state index contributed by atoms with van der Waals surface area (Å²) < 4.78 is 0. The van der Waals surface area contributed by atoms with E-state index in [9.17, 15) is 10.2 Å². The second-order valence-corrected chi connectivity index (χ2v) is 5.31. The molecule has 0 bridgehead atoms. The smallest absolute Gasteiger partial charge is 0.109 e. The van der Waals surface area contributed by atoms with Crippen LogP contribution in [0.3, 0.4) is 0 Å². The Labute approximate surface area is 128 Å². The molecule has 0 radical (unpaired) electrons. The van der Waals surface area contributed by atoms with Crippen molar-refractivity contribution in [3.8, 4) is 0 Å². The van der Waals surface area contributed by atoms with E-state index >= 15 is 0 Å². The molecule has 5 heteroatoms. The molecule has 0 amide bonds. The lowest BCUT2D eigenvalue weighted by Crippen LogP contribution is -2.11. The lowest BCUT2D eigenvalue weighted by molar-refractivity contribution is 0.0171. The summed E-state index contributed by atoms with van der Waals surface area (Å²) in [5.41, 5.74) is 4.44. The lowest BCUT2D eigenvalue weighted by Gasteiger charge is -2.19. The lowest BCUT2D eigenvalue weighted by atomic mass is 9.96. The van der Waals surface area contributed by atoms with E-state index in [-0.39, 0.29) is 0 Å². The van der Waals surface area contributed by atoms with Gasteiger partial charge in [0.05, 0.1) is 5.71 Å². The minimum Gasteiger partial charge on any atom is -0.399 e. The Balaban J connectivity index is 1.86. The zero-order valence-corrected chi connectivity index (χ0v) is 12.3. The Bertz CT molecular complexity index is 686. The first-order chi connectivity index (χ1) is 10.7. The molecule has 1 aliphatic carbocycles. The van der Waals surface area contributed by atoms with Crippen LogP contribution in [0.15, 0.2) is 47.9 Å². The van der Waals surface area contributed by atoms with Crippen LogP contribution in [-0.4, -0.2) is 28.0 Å². The summed E-state index contributed by atoms with van der Waals surface area (Å²) in [5, 5.41) is 24.7. The van der Waals surface area contributed by atoms with Crippen LogP contribution >= 0.6 is 0 Å². The van der Waals surface area contributed by atoms with Gasteiger partial charge in [-0.1, -0.05) is 23.4 Å². The SMILES string of the molecule is CO/N=C1/CCc2cc([C@@H](O)[C@@H](O)c3ccncc3)ccc21. The molecule has 1 aromatic carbocycles. The van der Waals surface area contributed by atoms with Crippen LogP contribution in [-0.2, 0) is 11.3 Å². The number of hydrogen-bond acceptors (Lipinski definition) is 5. The first kappa shape index (κ1) is 14.7. The molecular weight excluding hydrogens is 280 g/mol. The van der Waals surface area contributed by atoms with E-state index in [0.717, 1.165) is 29.7 Å². The largest absolute Gasteiger partial charge is 0.399 e. The van der Waals surface area contributed by atoms with Crippen molar-refractivity contribution in [3.05, 3.63) is 65.0 Å². The predicted octanol–water partition coefficient (Wildman–Crippen LogP) is 2.15. The van der Waals surface area contributed by atoms with Gasteiger partial charge in [0.1, 0.15) is 19.3 Å². The molecule has 0 spiro atoms. The summed E-state index contributed by atoms with van der Waals surface area (Å²) >= 11 is 0. The van der Waals surface area contributed by atoms with Crippen molar-refractivity contribution in [2.45, 2.75) is 25.0 Å². The molecule has 114 valence electrons. The molecule has 5 nitrogen and oxygen atoms in total. The van der Waals surface area contributed by atoms with Crippen molar-refractivity contribution in [1.29, 1.82) is 0 Å². The first-order valence-electron chi connectivity index (χ1n) is 7.20. The standard InChI is InChI=1S/C17H18N2O3/c1-22-19-15-5-3-12-10-13(2-4-14(12)15)17(21)16(20)11-6-8-18-9-7-11/h2,4,6-10,16-17,20-21H,3,5H2,1H3/b19-15-/t16-,17+/m0/s1. The van der Waals surface area contributed by atoms with Crippen LogP contribution in [0.5, 0.6) is 0 Å². The van der Waals surface area contributed by atoms with Crippen LogP contribution in [0.1, 0.15) is 40.9 Å². The molecule has 0 saturated heterocycles. The molecule has 0 aliphatic heterocycles. The van der Waals surface area contributed by atoms with Gasteiger partial charge in [-0.2, -0.15) is 0 Å². The maximum Gasteiger partial charge on any atom is 0.109 e. The minimum atomic E-state index is -0.977. The molecule has 0 unspecified atom stereocenters. The van der Waals surface area contributed by atoms with Gasteiger partial charge in [0.15, 0.2) is 0 Å². The molecule has 1 aliphatic rings. The van der Waals surface area contributed by atoms with Crippen molar-refractivity contribution >= 4 is 5.71 Å². The average molecular weight is 298 g/mol. The summed E-state index contributed by atoms with van der Waals surface area (Å²) in [6, 6.07) is 9.08. The molecule has 1 aromatic heterocycles. The van der Waals surface area contributed by atoms with Crippen LogP contribution in [0.25, 0.3) is 0 Å². The second kappa shape index (κ2) is 6.25. The summed E-state index contributed by atoms with van der Waals surface area (Å²) in [4.78, 5) is 8.76. The molecule has 3 rings (SSSR count). The maximum atomic E-state index is 10.4. The zero-order valence-electron chi connectivity index (χ0n) is 12.3. The molecule has 2 aromatic rings. The number of aryl methyl sites for hydroxylation is 1. The van der Waals surface area contributed by atoms with Crippen molar-refractivity contribution < 1.29 is 15.1 Å². The summed E-state index contributed by atoms with van der Waals surface area (Å²) in [6.45, 7) is 0. The number of fused-ring (bicyclic) bond motifs is 1. The molecule has 2 N–H and O–H groups in total. The van der Waals surface area contributed by atoms with Crippen LogP contribution in [0.2, 0.25) is 0 Å². The molecule has 0 fully saturated rings. The fraction of sp³-hybridized carbons (Fsp3) is 0.294. The Kier molecular flexibility index (Phi) is 4.18. The number of aromatic nitrogens is 1. The number of aliphatic hydroxyl groups is 2. The van der Waals surface area contributed by atoms with E-state index < -0.39 is 12.2 Å². The third kappa shape index (κ3) is 2.73. The van der Waals surface area contributed by atoms with E-state index in [1.54, 1.807) is 24.5 Å². The molecule has 1 heterocycles. The fourth-order valence-corrected chi connectivity index (χ4v) is 2.80. The predicted molar refractivity (Wildman–Crippen MR) is 82.5 cm³/mol. The highest BCUT2D eigenvalue weighted by molar-refractivity contribution is 6.04. The monoisotopic (exact) mass is 298 g/mol. The molecule has 2 atom stereocenters. The van der Waals surface area contributed by atoms with Crippen molar-refractivity contribution in [2.24, 2.45) is 5.16 Å². The third-order valence-corrected chi connectivity index (χ3v) is 3.96. The summed E-state index contributed by atoms with van der Waals surface area (Å²) in [7, 11) is 1.54. The Morgan fingerprint density at radius 2 is 1.77 bits per heavy atom. The van der Waals surface area contributed by atoms with E-state index in [1.165, 1.54) is 7.11 Å². The Hall–Kier alpha value is -2.24. The van der Waals surface area contributed by atoms with Gasteiger partial charge in [-0.3, -0.25) is 4.98 Å². The highest BCUT2D eigenvalue weighted by Gasteiger charge is 2.24. The number of pyridine rings is 1. The highest BCUT2D eigenvalue weighted by Crippen LogP contribution is 2.32. The van der Waals surface area contributed by atoms with Crippen LogP contribution in [0.4, 0.5) is 0 Å². The van der Waals surface area contributed by atoms with Gasteiger partial charge in [0.2, 0.25) is 0 Å². The third-order valence-electron chi connectivity index (χ3n) is 3.96. The first-order valence-corrected chi connectivity index (χ1v) is 7.20. The summed E-state index contributed by atoms with van der Waals surface area (Å²) in [5.74, 6) is 0. The number of rotatable bonds is 4. The zero-order chi connectivity index (χ0) is 15.5. The minimum absolute atomic E-state index is 0.643. The van der Waals surface area contributed by atoms with Gasteiger partial charge in [-0.25, -0.2) is 0 Å².